The molecule has 0 aliphatic heterocycles. The minimum absolute atomic E-state index is 0.558. The number of aromatic nitrogens is 1. The van der Waals surface area contributed by atoms with E-state index in [2.05, 4.69) is 10.3 Å². The van der Waals surface area contributed by atoms with Gasteiger partial charge in [0.05, 0.1) is 7.11 Å². The van der Waals surface area contributed by atoms with Crippen LogP contribution in [0.4, 0.5) is 11.5 Å². The Balaban J connectivity index is 2.17. The monoisotopic (exact) mass is 179 g/mol. The summed E-state index contributed by atoms with van der Waals surface area (Å²) in [4.78, 5) is 4.22. The number of pyridine rings is 1. The second-order valence-corrected chi connectivity index (χ2v) is 3.25. The summed E-state index contributed by atoms with van der Waals surface area (Å²) < 4.78 is 5.01. The van der Waals surface area contributed by atoms with E-state index in [-0.39, 0.29) is 0 Å². The second kappa shape index (κ2) is 3.12. The molecule has 0 radical (unpaired) electrons. The summed E-state index contributed by atoms with van der Waals surface area (Å²) >= 11 is 0. The van der Waals surface area contributed by atoms with E-state index in [1.54, 1.807) is 13.2 Å². The van der Waals surface area contributed by atoms with Crippen molar-refractivity contribution in [3.63, 3.8) is 0 Å². The van der Waals surface area contributed by atoms with Crippen LogP contribution in [0, 0.1) is 0 Å². The highest BCUT2D eigenvalue weighted by Gasteiger charge is 2.21. The SMILES string of the molecule is COc1cc(N)cc(NC2CC2)n1. The molecule has 0 saturated heterocycles. The third kappa shape index (κ3) is 2.02. The molecule has 1 aromatic heterocycles. The van der Waals surface area contributed by atoms with Crippen LogP contribution in [0.25, 0.3) is 0 Å². The first-order valence-corrected chi connectivity index (χ1v) is 4.36. The van der Waals surface area contributed by atoms with Gasteiger partial charge < -0.3 is 15.8 Å². The fourth-order valence-corrected chi connectivity index (χ4v) is 1.14. The number of nitrogens with one attached hydrogen (secondary N) is 1. The lowest BCUT2D eigenvalue weighted by Crippen LogP contribution is -2.04. The Labute approximate surface area is 77.1 Å². The number of ether oxygens (including phenoxy) is 1. The minimum Gasteiger partial charge on any atom is -0.481 e. The molecular formula is C9H13N3O. The van der Waals surface area contributed by atoms with E-state index in [1.807, 2.05) is 6.07 Å². The van der Waals surface area contributed by atoms with Crippen LogP contribution in [-0.4, -0.2) is 18.1 Å². The van der Waals surface area contributed by atoms with Gasteiger partial charge in [-0.1, -0.05) is 0 Å². The first-order chi connectivity index (χ1) is 6.28. The molecule has 70 valence electrons. The minimum atomic E-state index is 0.558. The molecule has 2 rings (SSSR count). The van der Waals surface area contributed by atoms with Crippen molar-refractivity contribution < 1.29 is 4.74 Å². The Bertz CT molecular complexity index is 310. The van der Waals surface area contributed by atoms with E-state index in [1.165, 1.54) is 12.8 Å². The summed E-state index contributed by atoms with van der Waals surface area (Å²) in [6.45, 7) is 0. The van der Waals surface area contributed by atoms with E-state index < -0.39 is 0 Å². The number of hydrogen-bond acceptors (Lipinski definition) is 4. The molecular weight excluding hydrogens is 166 g/mol. The van der Waals surface area contributed by atoms with Gasteiger partial charge in [0.25, 0.3) is 0 Å². The number of methoxy groups -OCH3 is 1. The molecule has 0 aromatic carbocycles. The molecule has 1 heterocycles. The molecule has 1 fully saturated rings. The molecule has 0 spiro atoms. The van der Waals surface area contributed by atoms with Crippen molar-refractivity contribution in [1.82, 2.24) is 4.98 Å². The summed E-state index contributed by atoms with van der Waals surface area (Å²) in [7, 11) is 1.59. The Hall–Kier alpha value is -1.45. The molecule has 13 heavy (non-hydrogen) atoms. The van der Waals surface area contributed by atoms with Gasteiger partial charge in [0, 0.05) is 23.9 Å². The summed E-state index contributed by atoms with van der Waals surface area (Å²) in [6, 6.07) is 4.11. The fourth-order valence-electron chi connectivity index (χ4n) is 1.14. The lowest BCUT2D eigenvalue weighted by atomic mass is 10.4. The number of hydrogen-bond donors (Lipinski definition) is 2. The maximum atomic E-state index is 5.67. The van der Waals surface area contributed by atoms with Gasteiger partial charge in [0.15, 0.2) is 0 Å². The molecule has 1 saturated carbocycles. The van der Waals surface area contributed by atoms with Crippen LogP contribution < -0.4 is 15.8 Å². The van der Waals surface area contributed by atoms with Crippen LogP contribution in [0.2, 0.25) is 0 Å². The number of anilines is 2. The molecule has 0 atom stereocenters. The Morgan fingerprint density at radius 2 is 2.31 bits per heavy atom. The van der Waals surface area contributed by atoms with E-state index in [4.69, 9.17) is 10.5 Å². The highest BCUT2D eigenvalue weighted by atomic mass is 16.5. The van der Waals surface area contributed by atoms with Crippen LogP contribution in [0.15, 0.2) is 12.1 Å². The third-order valence-electron chi connectivity index (χ3n) is 1.96. The summed E-state index contributed by atoms with van der Waals surface area (Å²) in [6.07, 6.45) is 2.44. The second-order valence-electron chi connectivity index (χ2n) is 3.25. The van der Waals surface area contributed by atoms with Gasteiger partial charge in [-0.15, -0.1) is 0 Å². The van der Waals surface area contributed by atoms with Crippen molar-refractivity contribution in [1.29, 1.82) is 0 Å². The molecule has 4 nitrogen and oxygen atoms in total. The van der Waals surface area contributed by atoms with Crippen LogP contribution in [0.5, 0.6) is 5.88 Å². The summed E-state index contributed by atoms with van der Waals surface area (Å²) in [5, 5.41) is 3.26. The maximum absolute atomic E-state index is 5.67. The van der Waals surface area contributed by atoms with Gasteiger partial charge in [-0.2, -0.15) is 4.98 Å². The lowest BCUT2D eigenvalue weighted by molar-refractivity contribution is 0.399. The lowest BCUT2D eigenvalue weighted by Gasteiger charge is -2.06. The Morgan fingerprint density at radius 3 is 2.92 bits per heavy atom. The molecule has 0 amide bonds. The van der Waals surface area contributed by atoms with E-state index >= 15 is 0 Å². The van der Waals surface area contributed by atoms with Crippen LogP contribution in [0.1, 0.15) is 12.8 Å². The smallest absolute Gasteiger partial charge is 0.216 e. The normalized spacial score (nSPS) is 15.5. The Kier molecular flexibility index (Phi) is 1.96. The van der Waals surface area contributed by atoms with Gasteiger partial charge in [-0.25, -0.2) is 0 Å². The van der Waals surface area contributed by atoms with E-state index in [0.717, 1.165) is 5.82 Å². The fraction of sp³-hybridized carbons (Fsp3) is 0.444. The number of nitrogens with two attached hydrogens (primary N) is 1. The quantitative estimate of drug-likeness (QED) is 0.733. The van der Waals surface area contributed by atoms with Crippen molar-refractivity contribution in [2.75, 3.05) is 18.2 Å². The highest BCUT2D eigenvalue weighted by Crippen LogP contribution is 2.25. The van der Waals surface area contributed by atoms with Crippen LogP contribution in [-0.2, 0) is 0 Å². The zero-order valence-corrected chi connectivity index (χ0v) is 7.58. The van der Waals surface area contributed by atoms with Crippen molar-refractivity contribution >= 4 is 11.5 Å². The first-order valence-electron chi connectivity index (χ1n) is 4.36. The third-order valence-corrected chi connectivity index (χ3v) is 1.96. The van der Waals surface area contributed by atoms with Gasteiger partial charge >= 0.3 is 0 Å². The zero-order chi connectivity index (χ0) is 9.26. The Morgan fingerprint density at radius 1 is 1.54 bits per heavy atom. The predicted molar refractivity (Wildman–Crippen MR) is 51.8 cm³/mol. The summed E-state index contributed by atoms with van der Waals surface area (Å²) in [5.41, 5.74) is 6.35. The molecule has 1 aliphatic carbocycles. The van der Waals surface area contributed by atoms with E-state index in [9.17, 15) is 0 Å². The number of nitrogen functional groups attached to an aromatic ring is 1. The summed E-state index contributed by atoms with van der Waals surface area (Å²) in [5.74, 6) is 1.36. The van der Waals surface area contributed by atoms with Crippen molar-refractivity contribution in [3.8, 4) is 5.88 Å². The van der Waals surface area contributed by atoms with Gasteiger partial charge in [-0.05, 0) is 12.8 Å². The maximum Gasteiger partial charge on any atom is 0.216 e. The van der Waals surface area contributed by atoms with Crippen molar-refractivity contribution in [2.24, 2.45) is 0 Å². The standard InChI is InChI=1S/C9H13N3O/c1-13-9-5-6(10)4-8(12-9)11-7-2-3-7/h4-5,7H,2-3H2,1H3,(H3,10,11,12). The van der Waals surface area contributed by atoms with Crippen LogP contribution >= 0.6 is 0 Å². The molecule has 1 aromatic rings. The number of nitrogens with zero attached hydrogens (tertiary/aromatic N) is 1. The molecule has 0 unspecified atom stereocenters. The topological polar surface area (TPSA) is 60.2 Å². The number of rotatable bonds is 3. The average Bonchev–Trinajstić information content (AvgIpc) is 2.87. The zero-order valence-electron chi connectivity index (χ0n) is 7.58. The molecule has 0 bridgehead atoms. The van der Waals surface area contributed by atoms with Gasteiger partial charge in [-0.3, -0.25) is 0 Å². The van der Waals surface area contributed by atoms with E-state index in [0.29, 0.717) is 17.6 Å². The van der Waals surface area contributed by atoms with Crippen molar-refractivity contribution in [2.45, 2.75) is 18.9 Å². The molecule has 1 aliphatic rings. The van der Waals surface area contributed by atoms with Crippen LogP contribution in [0.3, 0.4) is 0 Å². The van der Waals surface area contributed by atoms with Gasteiger partial charge in [0.2, 0.25) is 5.88 Å². The largest absolute Gasteiger partial charge is 0.481 e. The molecule has 4 heteroatoms. The average molecular weight is 179 g/mol. The van der Waals surface area contributed by atoms with Gasteiger partial charge in [0.1, 0.15) is 5.82 Å². The highest BCUT2D eigenvalue weighted by molar-refractivity contribution is 5.52. The molecule has 3 N–H and O–H groups in total. The first kappa shape index (κ1) is 8.16. The predicted octanol–water partition coefficient (Wildman–Crippen LogP) is 1.25. The van der Waals surface area contributed by atoms with Crippen molar-refractivity contribution in [3.05, 3.63) is 12.1 Å².